The molecule has 96 valence electrons. The molecule has 5 nitrogen and oxygen atoms in total. The number of allylic oxidation sites excluding steroid dienone is 1. The van der Waals surface area contributed by atoms with Crippen LogP contribution in [0.4, 0.5) is 0 Å². The van der Waals surface area contributed by atoms with Gasteiger partial charge < -0.3 is 14.2 Å². The fraction of sp³-hybridized carbons (Fsp3) is 0.545. The molecule has 0 aromatic heterocycles. The lowest BCUT2D eigenvalue weighted by Gasteiger charge is -2.25. The van der Waals surface area contributed by atoms with Gasteiger partial charge in [0.2, 0.25) is 6.29 Å². The Hall–Kier alpha value is -1.14. The van der Waals surface area contributed by atoms with E-state index in [2.05, 4.69) is 6.58 Å². The van der Waals surface area contributed by atoms with E-state index in [0.717, 1.165) is 0 Å². The van der Waals surface area contributed by atoms with E-state index in [-0.39, 0.29) is 17.3 Å². The maximum absolute atomic E-state index is 11.9. The highest BCUT2D eigenvalue weighted by molar-refractivity contribution is 7.90. The fourth-order valence-corrected chi connectivity index (χ4v) is 2.55. The van der Waals surface area contributed by atoms with Crippen molar-refractivity contribution < 1.29 is 23.2 Å². The summed E-state index contributed by atoms with van der Waals surface area (Å²) in [7, 11) is -1.45. The van der Waals surface area contributed by atoms with Crippen LogP contribution in [0, 0.1) is 0 Å². The Bertz CT molecular complexity index is 361. The van der Waals surface area contributed by atoms with Gasteiger partial charge in [-0.05, 0) is 13.8 Å². The molecule has 1 rings (SSSR count). The van der Waals surface area contributed by atoms with Crippen LogP contribution < -0.4 is 0 Å². The predicted octanol–water partition coefficient (Wildman–Crippen LogP) is 1.09. The summed E-state index contributed by atoms with van der Waals surface area (Å²) in [6.07, 6.45) is 0.889. The smallest absolute Gasteiger partial charge is 0.351 e. The van der Waals surface area contributed by atoms with E-state index < -0.39 is 23.1 Å². The molecule has 0 unspecified atom stereocenters. The monoisotopic (exact) mass is 260 g/mol. The van der Waals surface area contributed by atoms with Gasteiger partial charge >= 0.3 is 5.97 Å². The van der Waals surface area contributed by atoms with Crippen molar-refractivity contribution in [3.8, 4) is 0 Å². The third-order valence-corrected chi connectivity index (χ3v) is 3.50. The zero-order valence-electron chi connectivity index (χ0n) is 9.93. The SMILES string of the molecule is C=CCOC(=O)C1=C(C)O[C@H](OCC)C[S@]1=O. The van der Waals surface area contributed by atoms with Gasteiger partial charge in [-0.1, -0.05) is 12.7 Å². The largest absolute Gasteiger partial charge is 0.467 e. The fourth-order valence-electron chi connectivity index (χ4n) is 1.36. The first-order chi connectivity index (χ1) is 8.10. The summed E-state index contributed by atoms with van der Waals surface area (Å²) >= 11 is 0. The van der Waals surface area contributed by atoms with Crippen LogP contribution >= 0.6 is 0 Å². The molecule has 0 saturated carbocycles. The summed E-state index contributed by atoms with van der Waals surface area (Å²) < 4.78 is 27.3. The van der Waals surface area contributed by atoms with Crippen LogP contribution in [0.3, 0.4) is 0 Å². The molecule has 0 saturated heterocycles. The summed E-state index contributed by atoms with van der Waals surface area (Å²) in [6, 6.07) is 0. The standard InChI is InChI=1S/C11H16O5S/c1-4-6-15-11(12)10-8(3)16-9(14-5-2)7-17(10)13/h4,9H,1,5-7H2,2-3H3/t9-,17+/m0/s1. The maximum atomic E-state index is 11.9. The minimum atomic E-state index is -1.45. The molecule has 0 amide bonds. The lowest BCUT2D eigenvalue weighted by Crippen LogP contribution is -2.32. The number of esters is 1. The van der Waals surface area contributed by atoms with E-state index in [9.17, 15) is 9.00 Å². The average Bonchev–Trinajstić information content (AvgIpc) is 2.25. The van der Waals surface area contributed by atoms with Crippen molar-refractivity contribution in [2.45, 2.75) is 20.1 Å². The molecule has 0 bridgehead atoms. The second-order valence-corrected chi connectivity index (χ2v) is 4.72. The Balaban J connectivity index is 2.77. The first kappa shape index (κ1) is 13.9. The molecular weight excluding hydrogens is 244 g/mol. The Labute approximate surface area is 103 Å². The molecule has 0 N–H and O–H groups in total. The van der Waals surface area contributed by atoms with Gasteiger partial charge in [0.25, 0.3) is 0 Å². The molecule has 0 fully saturated rings. The normalized spacial score (nSPS) is 24.1. The van der Waals surface area contributed by atoms with Gasteiger partial charge in [0, 0.05) is 6.61 Å². The van der Waals surface area contributed by atoms with E-state index >= 15 is 0 Å². The lowest BCUT2D eigenvalue weighted by atomic mass is 10.4. The summed E-state index contributed by atoms with van der Waals surface area (Å²) in [5.74, 6) is -0.193. The summed E-state index contributed by atoms with van der Waals surface area (Å²) in [5, 5.41) is 0. The Morgan fingerprint density at radius 3 is 2.94 bits per heavy atom. The van der Waals surface area contributed by atoms with Crippen molar-refractivity contribution in [1.82, 2.24) is 0 Å². The number of hydrogen-bond acceptors (Lipinski definition) is 5. The summed E-state index contributed by atoms with van der Waals surface area (Å²) in [5.41, 5.74) is 0. The first-order valence-corrected chi connectivity index (χ1v) is 6.57. The Morgan fingerprint density at radius 1 is 1.71 bits per heavy atom. The van der Waals surface area contributed by atoms with E-state index in [1.165, 1.54) is 6.08 Å². The minimum absolute atomic E-state index is 0.0720. The number of rotatable bonds is 5. The highest BCUT2D eigenvalue weighted by Crippen LogP contribution is 2.22. The lowest BCUT2D eigenvalue weighted by molar-refractivity contribution is -0.138. The first-order valence-electron chi connectivity index (χ1n) is 5.25. The molecule has 0 aliphatic carbocycles. The highest BCUT2D eigenvalue weighted by Gasteiger charge is 2.31. The summed E-state index contributed by atoms with van der Waals surface area (Å²) in [4.78, 5) is 11.7. The molecule has 1 aliphatic rings. The topological polar surface area (TPSA) is 61.8 Å². The molecule has 0 aromatic carbocycles. The number of carbonyl (C=O) groups excluding carboxylic acids is 1. The van der Waals surface area contributed by atoms with Crippen LogP contribution in [0.5, 0.6) is 0 Å². The van der Waals surface area contributed by atoms with Crippen molar-refractivity contribution in [1.29, 1.82) is 0 Å². The van der Waals surface area contributed by atoms with Crippen LogP contribution in [-0.2, 0) is 29.8 Å². The average molecular weight is 260 g/mol. The predicted molar refractivity (Wildman–Crippen MR) is 63.4 cm³/mol. The zero-order chi connectivity index (χ0) is 12.8. The van der Waals surface area contributed by atoms with Crippen molar-refractivity contribution >= 4 is 16.8 Å². The van der Waals surface area contributed by atoms with E-state index in [0.29, 0.717) is 12.4 Å². The maximum Gasteiger partial charge on any atom is 0.351 e. The van der Waals surface area contributed by atoms with E-state index in [1.807, 2.05) is 6.92 Å². The Morgan fingerprint density at radius 2 is 2.41 bits per heavy atom. The third kappa shape index (κ3) is 3.67. The van der Waals surface area contributed by atoms with Gasteiger partial charge in [-0.3, -0.25) is 4.21 Å². The van der Waals surface area contributed by atoms with Crippen molar-refractivity contribution in [2.75, 3.05) is 19.0 Å². The molecule has 0 radical (unpaired) electrons. The van der Waals surface area contributed by atoms with Crippen LogP contribution in [-0.4, -0.2) is 35.4 Å². The van der Waals surface area contributed by atoms with Gasteiger partial charge in [-0.2, -0.15) is 0 Å². The van der Waals surface area contributed by atoms with Gasteiger partial charge in [0.15, 0.2) is 4.91 Å². The number of hydrogen-bond donors (Lipinski definition) is 0. The molecule has 0 aromatic rings. The third-order valence-electron chi connectivity index (χ3n) is 2.01. The van der Waals surface area contributed by atoms with Crippen LogP contribution in [0.15, 0.2) is 23.3 Å². The highest BCUT2D eigenvalue weighted by atomic mass is 32.2. The minimum Gasteiger partial charge on any atom is -0.467 e. The van der Waals surface area contributed by atoms with Crippen molar-refractivity contribution in [3.05, 3.63) is 23.3 Å². The molecule has 1 heterocycles. The second-order valence-electron chi connectivity index (χ2n) is 3.29. The van der Waals surface area contributed by atoms with Crippen LogP contribution in [0.25, 0.3) is 0 Å². The van der Waals surface area contributed by atoms with Gasteiger partial charge in [0.1, 0.15) is 12.4 Å². The van der Waals surface area contributed by atoms with Crippen LogP contribution in [0.2, 0.25) is 0 Å². The number of ether oxygens (including phenoxy) is 3. The molecule has 1 aliphatic heterocycles. The quantitative estimate of drug-likeness (QED) is 0.547. The molecule has 6 heteroatoms. The van der Waals surface area contributed by atoms with Gasteiger partial charge in [0.05, 0.1) is 16.6 Å². The molecule has 17 heavy (non-hydrogen) atoms. The molecular formula is C11H16O5S. The van der Waals surface area contributed by atoms with E-state index in [4.69, 9.17) is 14.2 Å². The summed E-state index contributed by atoms with van der Waals surface area (Å²) in [6.45, 7) is 7.38. The molecule has 2 atom stereocenters. The Kier molecular flexibility index (Phi) is 5.37. The molecule has 0 spiro atoms. The second kappa shape index (κ2) is 6.56. The van der Waals surface area contributed by atoms with Crippen LogP contribution in [0.1, 0.15) is 13.8 Å². The van der Waals surface area contributed by atoms with Crippen molar-refractivity contribution in [3.63, 3.8) is 0 Å². The van der Waals surface area contributed by atoms with Gasteiger partial charge in [-0.25, -0.2) is 4.79 Å². The zero-order valence-corrected chi connectivity index (χ0v) is 10.7. The van der Waals surface area contributed by atoms with Gasteiger partial charge in [-0.15, -0.1) is 0 Å². The van der Waals surface area contributed by atoms with E-state index in [1.54, 1.807) is 6.92 Å². The van der Waals surface area contributed by atoms with Crippen molar-refractivity contribution in [2.24, 2.45) is 0 Å². The number of carbonyl (C=O) groups is 1.